The lowest BCUT2D eigenvalue weighted by Crippen LogP contribution is -2.08. The summed E-state index contributed by atoms with van der Waals surface area (Å²) in [5, 5.41) is 13.0. The van der Waals surface area contributed by atoms with E-state index < -0.39 is 22.7 Å². The molecule has 0 saturated carbocycles. The summed E-state index contributed by atoms with van der Waals surface area (Å²) in [6.45, 7) is 0. The smallest absolute Gasteiger partial charge is 0.433 e. The van der Waals surface area contributed by atoms with E-state index in [4.69, 9.17) is 4.42 Å². The predicted octanol–water partition coefficient (Wildman–Crippen LogP) is 2.63. The molecule has 1 aromatic carbocycles. The summed E-state index contributed by atoms with van der Waals surface area (Å²) in [5.74, 6) is -1.13. The number of esters is 1. The van der Waals surface area contributed by atoms with Crippen LogP contribution in [0.5, 0.6) is 0 Å². The van der Waals surface area contributed by atoms with E-state index in [0.29, 0.717) is 11.3 Å². The first kappa shape index (κ1) is 16.0. The van der Waals surface area contributed by atoms with E-state index in [2.05, 4.69) is 10.1 Å². The molecule has 0 radical (unpaired) electrons. The summed E-state index contributed by atoms with van der Waals surface area (Å²) < 4.78 is 9.45. The number of benzene rings is 1. The van der Waals surface area contributed by atoms with Gasteiger partial charge in [-0.25, -0.2) is 4.79 Å². The third-order valence-electron chi connectivity index (χ3n) is 2.77. The topological polar surface area (TPSA) is 112 Å². The highest BCUT2D eigenvalue weighted by Crippen LogP contribution is 2.17. The van der Waals surface area contributed by atoms with Crippen molar-refractivity contribution in [2.45, 2.75) is 0 Å². The van der Waals surface area contributed by atoms with Crippen LogP contribution in [0.25, 0.3) is 6.08 Å². The van der Waals surface area contributed by atoms with Gasteiger partial charge in [0.05, 0.1) is 18.7 Å². The number of anilines is 1. The molecule has 0 bridgehead atoms. The van der Waals surface area contributed by atoms with Gasteiger partial charge >= 0.3 is 11.9 Å². The van der Waals surface area contributed by atoms with Crippen molar-refractivity contribution in [2.75, 3.05) is 12.4 Å². The molecule has 1 heterocycles. The molecule has 0 spiro atoms. The molecule has 0 unspecified atom stereocenters. The van der Waals surface area contributed by atoms with Crippen LogP contribution in [0.2, 0.25) is 0 Å². The van der Waals surface area contributed by atoms with Crippen molar-refractivity contribution in [1.29, 1.82) is 0 Å². The molecule has 8 nitrogen and oxygen atoms in total. The fraction of sp³-hybridized carbons (Fsp3) is 0.0667. The van der Waals surface area contributed by atoms with E-state index in [9.17, 15) is 19.7 Å². The molecule has 118 valence electrons. The molecule has 8 heteroatoms. The summed E-state index contributed by atoms with van der Waals surface area (Å²) in [6, 6.07) is 8.71. The number of nitrogens with one attached hydrogen (secondary N) is 1. The Morgan fingerprint density at radius 2 is 1.91 bits per heavy atom. The summed E-state index contributed by atoms with van der Waals surface area (Å²) in [6.07, 6.45) is 2.49. The monoisotopic (exact) mass is 316 g/mol. The number of carbonyl (C=O) groups excluding carboxylic acids is 2. The van der Waals surface area contributed by atoms with Gasteiger partial charge in [-0.1, -0.05) is 0 Å². The van der Waals surface area contributed by atoms with Crippen molar-refractivity contribution in [2.24, 2.45) is 0 Å². The van der Waals surface area contributed by atoms with Crippen LogP contribution >= 0.6 is 0 Å². The fourth-order valence-electron chi connectivity index (χ4n) is 1.68. The molecule has 23 heavy (non-hydrogen) atoms. The Bertz CT molecular complexity index is 761. The standard InChI is InChI=1S/C15H12N2O6/c1-22-15(19)10-2-4-11(5-3-10)16-13(18)8-6-12-7-9-14(23-12)17(20)21/h2-9H,1H3,(H,16,18)/b8-6+. The van der Waals surface area contributed by atoms with E-state index in [1.165, 1.54) is 43.5 Å². The number of nitro groups is 1. The Kier molecular flexibility index (Phi) is 4.88. The van der Waals surface area contributed by atoms with Crippen LogP contribution in [-0.4, -0.2) is 23.9 Å². The fourth-order valence-corrected chi connectivity index (χ4v) is 1.68. The molecule has 1 N–H and O–H groups in total. The quantitative estimate of drug-likeness (QED) is 0.393. The molecule has 0 saturated heterocycles. The molecule has 0 fully saturated rings. The van der Waals surface area contributed by atoms with Gasteiger partial charge in [0.2, 0.25) is 5.91 Å². The van der Waals surface area contributed by atoms with Gasteiger partial charge in [0.15, 0.2) is 0 Å². The van der Waals surface area contributed by atoms with Crippen LogP contribution in [0.15, 0.2) is 46.9 Å². The van der Waals surface area contributed by atoms with Crippen molar-refractivity contribution < 1.29 is 23.7 Å². The van der Waals surface area contributed by atoms with Gasteiger partial charge in [-0.2, -0.15) is 0 Å². The number of hydrogen-bond acceptors (Lipinski definition) is 6. The Hall–Kier alpha value is -3.42. The van der Waals surface area contributed by atoms with Gasteiger partial charge in [0.1, 0.15) is 10.7 Å². The van der Waals surface area contributed by atoms with Crippen LogP contribution in [0.4, 0.5) is 11.6 Å². The average Bonchev–Trinajstić information content (AvgIpc) is 3.02. The normalized spacial score (nSPS) is 10.5. The molecule has 2 aromatic rings. The lowest BCUT2D eigenvalue weighted by molar-refractivity contribution is -0.402. The molecule has 0 aliphatic rings. The lowest BCUT2D eigenvalue weighted by Gasteiger charge is -2.03. The van der Waals surface area contributed by atoms with Crippen LogP contribution in [0.1, 0.15) is 16.1 Å². The highest BCUT2D eigenvalue weighted by Gasteiger charge is 2.10. The summed E-state index contributed by atoms with van der Waals surface area (Å²) in [5.41, 5.74) is 0.849. The minimum Gasteiger partial charge on any atom is -0.465 e. The largest absolute Gasteiger partial charge is 0.465 e. The number of nitrogens with zero attached hydrogens (tertiary/aromatic N) is 1. The number of hydrogen-bond donors (Lipinski definition) is 1. The zero-order valence-corrected chi connectivity index (χ0v) is 12.0. The van der Waals surface area contributed by atoms with Gasteiger partial charge < -0.3 is 14.5 Å². The van der Waals surface area contributed by atoms with Gasteiger partial charge in [-0.3, -0.25) is 14.9 Å². The summed E-state index contributed by atoms with van der Waals surface area (Å²) in [7, 11) is 1.28. The van der Waals surface area contributed by atoms with Crippen molar-refractivity contribution in [3.05, 3.63) is 63.9 Å². The predicted molar refractivity (Wildman–Crippen MR) is 80.8 cm³/mol. The van der Waals surface area contributed by atoms with Crippen molar-refractivity contribution in [3.8, 4) is 0 Å². The first-order chi connectivity index (χ1) is 11.0. The highest BCUT2D eigenvalue weighted by molar-refractivity contribution is 6.02. The third-order valence-corrected chi connectivity index (χ3v) is 2.77. The highest BCUT2D eigenvalue weighted by atomic mass is 16.6. The Morgan fingerprint density at radius 1 is 1.22 bits per heavy atom. The lowest BCUT2D eigenvalue weighted by atomic mass is 10.2. The number of ether oxygens (including phenoxy) is 1. The van der Waals surface area contributed by atoms with E-state index in [1.54, 1.807) is 12.1 Å². The zero-order chi connectivity index (χ0) is 16.8. The van der Waals surface area contributed by atoms with Crippen molar-refractivity contribution in [1.82, 2.24) is 0 Å². The number of furan rings is 1. The van der Waals surface area contributed by atoms with Crippen LogP contribution in [0, 0.1) is 10.1 Å². The molecule has 0 aliphatic carbocycles. The zero-order valence-electron chi connectivity index (χ0n) is 12.0. The Morgan fingerprint density at radius 3 is 2.48 bits per heavy atom. The van der Waals surface area contributed by atoms with Gasteiger partial charge in [-0.15, -0.1) is 0 Å². The van der Waals surface area contributed by atoms with E-state index in [1.807, 2.05) is 0 Å². The molecule has 2 rings (SSSR count). The van der Waals surface area contributed by atoms with Crippen LogP contribution in [-0.2, 0) is 9.53 Å². The van der Waals surface area contributed by atoms with Crippen LogP contribution < -0.4 is 5.32 Å². The Balaban J connectivity index is 1.97. The second kappa shape index (κ2) is 7.03. The Labute approximate surface area is 130 Å². The molecular formula is C15H12N2O6. The number of carbonyl (C=O) groups is 2. The van der Waals surface area contributed by atoms with Crippen LogP contribution in [0.3, 0.4) is 0 Å². The summed E-state index contributed by atoms with van der Waals surface area (Å²) >= 11 is 0. The van der Waals surface area contributed by atoms with E-state index in [-0.39, 0.29) is 5.76 Å². The molecule has 1 aromatic heterocycles. The van der Waals surface area contributed by atoms with Gasteiger partial charge in [-0.05, 0) is 36.4 Å². The first-order valence-electron chi connectivity index (χ1n) is 6.41. The minimum atomic E-state index is -0.666. The minimum absolute atomic E-state index is 0.188. The average molecular weight is 316 g/mol. The van der Waals surface area contributed by atoms with E-state index in [0.717, 1.165) is 0 Å². The van der Waals surface area contributed by atoms with Gasteiger partial charge in [0.25, 0.3) is 0 Å². The molecule has 1 amide bonds. The second-order valence-corrected chi connectivity index (χ2v) is 4.32. The van der Waals surface area contributed by atoms with E-state index >= 15 is 0 Å². The third kappa shape index (κ3) is 4.27. The number of rotatable bonds is 5. The van der Waals surface area contributed by atoms with Gasteiger partial charge in [0, 0.05) is 11.8 Å². The molecule has 0 aliphatic heterocycles. The maximum Gasteiger partial charge on any atom is 0.433 e. The summed E-state index contributed by atoms with van der Waals surface area (Å²) in [4.78, 5) is 32.8. The number of methoxy groups -OCH3 is 1. The molecular weight excluding hydrogens is 304 g/mol. The maximum absolute atomic E-state index is 11.7. The maximum atomic E-state index is 11.7. The SMILES string of the molecule is COC(=O)c1ccc(NC(=O)/C=C/c2ccc([N+](=O)[O-])o2)cc1. The van der Waals surface area contributed by atoms with Crippen molar-refractivity contribution in [3.63, 3.8) is 0 Å². The van der Waals surface area contributed by atoms with Crippen molar-refractivity contribution >= 4 is 29.5 Å². The molecule has 0 atom stereocenters. The first-order valence-corrected chi connectivity index (χ1v) is 6.41. The number of amides is 1. The second-order valence-electron chi connectivity index (χ2n) is 4.32.